The Labute approximate surface area is 150 Å². The van der Waals surface area contributed by atoms with Gasteiger partial charge >= 0.3 is 5.97 Å². The predicted molar refractivity (Wildman–Crippen MR) is 89.9 cm³/mol. The van der Waals surface area contributed by atoms with Crippen LogP contribution in [0.1, 0.15) is 50.8 Å². The largest absolute Gasteiger partial charge is 0.480 e. The third-order valence-electron chi connectivity index (χ3n) is 4.54. The molecule has 0 unspecified atom stereocenters. The molecule has 0 saturated heterocycles. The summed E-state index contributed by atoms with van der Waals surface area (Å²) in [6, 6.07) is 1.68. The number of nitrogens with one attached hydrogen (secondary N) is 1. The molecular formula is C17H21N5O4. The van der Waals surface area contributed by atoms with Crippen molar-refractivity contribution in [2.75, 3.05) is 0 Å². The van der Waals surface area contributed by atoms with Crippen LogP contribution in [0.25, 0.3) is 11.6 Å². The topological polar surface area (TPSA) is 131 Å². The lowest BCUT2D eigenvalue weighted by Crippen LogP contribution is -2.54. The summed E-state index contributed by atoms with van der Waals surface area (Å²) >= 11 is 0. The van der Waals surface area contributed by atoms with Gasteiger partial charge in [0.15, 0.2) is 0 Å². The second-order valence-electron chi connectivity index (χ2n) is 6.43. The van der Waals surface area contributed by atoms with Gasteiger partial charge in [-0.15, -0.1) is 0 Å². The van der Waals surface area contributed by atoms with Gasteiger partial charge in [0.1, 0.15) is 5.54 Å². The molecule has 1 aliphatic rings. The van der Waals surface area contributed by atoms with Crippen molar-refractivity contribution in [3.05, 3.63) is 24.4 Å². The summed E-state index contributed by atoms with van der Waals surface area (Å²) in [6.45, 7) is 0. The molecule has 9 nitrogen and oxygen atoms in total. The Kier molecular flexibility index (Phi) is 5.55. The van der Waals surface area contributed by atoms with Gasteiger partial charge in [0.05, 0.1) is 0 Å². The average molecular weight is 359 g/mol. The van der Waals surface area contributed by atoms with Gasteiger partial charge in [-0.05, 0) is 18.9 Å². The molecule has 1 fully saturated rings. The summed E-state index contributed by atoms with van der Waals surface area (Å²) in [7, 11) is 0. The molecule has 0 radical (unpaired) electrons. The van der Waals surface area contributed by atoms with E-state index in [0.717, 1.165) is 25.7 Å². The fourth-order valence-electron chi connectivity index (χ4n) is 3.14. The molecule has 3 rings (SSSR count). The van der Waals surface area contributed by atoms with Crippen molar-refractivity contribution < 1.29 is 19.2 Å². The summed E-state index contributed by atoms with van der Waals surface area (Å²) in [5, 5.41) is 16.1. The molecule has 1 amide bonds. The summed E-state index contributed by atoms with van der Waals surface area (Å²) in [5.41, 5.74) is -1.16. The van der Waals surface area contributed by atoms with Crippen molar-refractivity contribution in [3.8, 4) is 11.6 Å². The Morgan fingerprint density at radius 2 is 1.81 bits per heavy atom. The third kappa shape index (κ3) is 4.22. The quantitative estimate of drug-likeness (QED) is 0.746. The van der Waals surface area contributed by atoms with E-state index in [2.05, 4.69) is 25.4 Å². The zero-order chi connectivity index (χ0) is 18.4. The molecular weight excluding hydrogens is 338 g/mol. The van der Waals surface area contributed by atoms with Gasteiger partial charge in [0.25, 0.3) is 0 Å². The zero-order valence-electron chi connectivity index (χ0n) is 14.3. The number of hydrogen-bond donors (Lipinski definition) is 2. The number of carbonyl (C=O) groups is 2. The maximum Gasteiger partial charge on any atom is 0.329 e. The van der Waals surface area contributed by atoms with Crippen molar-refractivity contribution in [3.63, 3.8) is 0 Å². The van der Waals surface area contributed by atoms with Gasteiger partial charge in [-0.3, -0.25) is 4.79 Å². The van der Waals surface area contributed by atoms with Crippen LogP contribution < -0.4 is 5.32 Å². The molecule has 1 aliphatic carbocycles. The van der Waals surface area contributed by atoms with Crippen molar-refractivity contribution in [2.24, 2.45) is 0 Å². The van der Waals surface area contributed by atoms with Crippen LogP contribution in [-0.2, 0) is 16.0 Å². The van der Waals surface area contributed by atoms with Crippen LogP contribution in [0.4, 0.5) is 0 Å². The maximum absolute atomic E-state index is 12.3. The standard InChI is InChI=1S/C17H21N5O4/c23-12(21-17(16(24)25)8-3-1-2-4-9-17)6-7-13-20-15(22-26-13)14-18-10-5-11-19-14/h5,10-11H,1-4,6-9H2,(H,21,23)(H,24,25). The Morgan fingerprint density at radius 1 is 1.12 bits per heavy atom. The van der Waals surface area contributed by atoms with Gasteiger partial charge in [-0.2, -0.15) is 4.98 Å². The fourth-order valence-corrected chi connectivity index (χ4v) is 3.14. The minimum Gasteiger partial charge on any atom is -0.480 e. The molecule has 0 spiro atoms. The highest BCUT2D eigenvalue weighted by atomic mass is 16.5. The van der Waals surface area contributed by atoms with Crippen molar-refractivity contribution in [2.45, 2.75) is 56.9 Å². The molecule has 0 bridgehead atoms. The zero-order valence-corrected chi connectivity index (χ0v) is 14.3. The van der Waals surface area contributed by atoms with E-state index < -0.39 is 11.5 Å². The molecule has 2 N–H and O–H groups in total. The fraction of sp³-hybridized carbons (Fsp3) is 0.529. The molecule has 9 heteroatoms. The molecule has 0 atom stereocenters. The van der Waals surface area contributed by atoms with Gasteiger partial charge in [-0.25, -0.2) is 14.8 Å². The van der Waals surface area contributed by atoms with Crippen LogP contribution in [0.5, 0.6) is 0 Å². The Morgan fingerprint density at radius 3 is 2.46 bits per heavy atom. The molecule has 2 heterocycles. The highest BCUT2D eigenvalue weighted by Gasteiger charge is 2.39. The number of aromatic nitrogens is 4. The summed E-state index contributed by atoms with van der Waals surface area (Å²) in [4.78, 5) is 36.3. The predicted octanol–water partition coefficient (Wildman–Crippen LogP) is 1.75. The maximum atomic E-state index is 12.3. The number of carboxylic acid groups (broad SMARTS) is 1. The number of hydrogen-bond acceptors (Lipinski definition) is 7. The van der Waals surface area contributed by atoms with Crippen LogP contribution in [-0.4, -0.2) is 42.6 Å². The Bertz CT molecular complexity index is 754. The lowest BCUT2D eigenvalue weighted by molar-refractivity contribution is -0.148. The van der Waals surface area contributed by atoms with E-state index in [0.29, 0.717) is 18.7 Å². The monoisotopic (exact) mass is 359 g/mol. The van der Waals surface area contributed by atoms with Crippen LogP contribution in [0, 0.1) is 0 Å². The van der Waals surface area contributed by atoms with Crippen LogP contribution in [0.15, 0.2) is 23.0 Å². The van der Waals surface area contributed by atoms with Crippen molar-refractivity contribution in [1.29, 1.82) is 0 Å². The molecule has 2 aromatic rings. The van der Waals surface area contributed by atoms with Crippen LogP contribution >= 0.6 is 0 Å². The van der Waals surface area contributed by atoms with Crippen molar-refractivity contribution in [1.82, 2.24) is 25.4 Å². The first-order chi connectivity index (χ1) is 12.6. The van der Waals surface area contributed by atoms with Gasteiger partial charge in [0.2, 0.25) is 23.4 Å². The lowest BCUT2D eigenvalue weighted by Gasteiger charge is -2.29. The Hall–Kier alpha value is -2.84. The first-order valence-electron chi connectivity index (χ1n) is 8.73. The van der Waals surface area contributed by atoms with E-state index in [4.69, 9.17) is 4.52 Å². The molecule has 1 saturated carbocycles. The number of carbonyl (C=O) groups excluding carboxylic acids is 1. The second kappa shape index (κ2) is 8.03. The molecule has 2 aromatic heterocycles. The average Bonchev–Trinajstić information content (AvgIpc) is 2.99. The Balaban J connectivity index is 1.58. The molecule has 0 aromatic carbocycles. The third-order valence-corrected chi connectivity index (χ3v) is 4.54. The second-order valence-corrected chi connectivity index (χ2v) is 6.43. The molecule has 138 valence electrons. The minimum absolute atomic E-state index is 0.0757. The van der Waals surface area contributed by atoms with Crippen LogP contribution in [0.2, 0.25) is 0 Å². The summed E-state index contributed by atoms with van der Waals surface area (Å²) in [5.74, 6) is -0.408. The minimum atomic E-state index is -1.16. The summed E-state index contributed by atoms with van der Waals surface area (Å²) < 4.78 is 5.11. The number of aliphatic carboxylic acids is 1. The first-order valence-corrected chi connectivity index (χ1v) is 8.73. The van der Waals surface area contributed by atoms with E-state index in [1.54, 1.807) is 18.5 Å². The molecule has 26 heavy (non-hydrogen) atoms. The normalized spacial score (nSPS) is 16.6. The van der Waals surface area contributed by atoms with E-state index in [9.17, 15) is 14.7 Å². The smallest absolute Gasteiger partial charge is 0.329 e. The number of amides is 1. The van der Waals surface area contributed by atoms with E-state index in [1.165, 1.54) is 0 Å². The number of carboxylic acids is 1. The highest BCUT2D eigenvalue weighted by Crippen LogP contribution is 2.27. The van der Waals surface area contributed by atoms with Crippen LogP contribution in [0.3, 0.4) is 0 Å². The van der Waals surface area contributed by atoms with E-state index >= 15 is 0 Å². The SMILES string of the molecule is O=C(CCc1nc(-c2ncccn2)no1)NC1(C(=O)O)CCCCCC1. The van der Waals surface area contributed by atoms with E-state index in [1.807, 2.05) is 0 Å². The number of rotatable bonds is 6. The summed E-state index contributed by atoms with van der Waals surface area (Å²) in [6.07, 6.45) is 7.97. The highest BCUT2D eigenvalue weighted by molar-refractivity contribution is 5.87. The van der Waals surface area contributed by atoms with Gasteiger partial charge < -0.3 is 14.9 Å². The lowest BCUT2D eigenvalue weighted by atomic mass is 9.90. The van der Waals surface area contributed by atoms with Crippen molar-refractivity contribution >= 4 is 11.9 Å². The van der Waals surface area contributed by atoms with E-state index in [-0.39, 0.29) is 30.5 Å². The first kappa shape index (κ1) is 18.0. The van der Waals surface area contributed by atoms with Gasteiger partial charge in [0, 0.05) is 25.2 Å². The number of aryl methyl sites for hydroxylation is 1. The molecule has 0 aliphatic heterocycles. The van der Waals surface area contributed by atoms with Gasteiger partial charge in [-0.1, -0.05) is 30.8 Å². The number of nitrogens with zero attached hydrogens (tertiary/aromatic N) is 4.